The van der Waals surface area contributed by atoms with Crippen LogP contribution in [0.25, 0.3) is 0 Å². The van der Waals surface area contributed by atoms with E-state index in [9.17, 15) is 9.59 Å². The monoisotopic (exact) mass is 323 g/mol. The van der Waals surface area contributed by atoms with Crippen LogP contribution in [0, 0.1) is 5.92 Å². The number of benzene rings is 1. The van der Waals surface area contributed by atoms with Crippen LogP contribution in [0.15, 0.2) is 24.3 Å². The van der Waals surface area contributed by atoms with Crippen molar-refractivity contribution in [3.63, 3.8) is 0 Å². The second kappa shape index (κ2) is 10.6. The molecule has 1 unspecified atom stereocenters. The van der Waals surface area contributed by atoms with Gasteiger partial charge >= 0.3 is 12.1 Å². The summed E-state index contributed by atoms with van der Waals surface area (Å²) in [6, 6.07) is 7.18. The molecule has 1 rings (SSSR count). The van der Waals surface area contributed by atoms with Crippen LogP contribution in [0.3, 0.4) is 0 Å². The maximum absolute atomic E-state index is 11.5. The quantitative estimate of drug-likeness (QED) is 0.780. The zero-order valence-corrected chi connectivity index (χ0v) is 15.2. The van der Waals surface area contributed by atoms with Crippen molar-refractivity contribution in [2.75, 3.05) is 5.32 Å². The normalized spacial score (nSPS) is 11.3. The van der Waals surface area contributed by atoms with Crippen molar-refractivity contribution in [2.45, 2.75) is 60.7 Å². The molecule has 0 saturated heterocycles. The molecule has 0 aromatic heterocycles. The van der Waals surface area contributed by atoms with E-state index in [-0.39, 0.29) is 24.1 Å². The van der Waals surface area contributed by atoms with Crippen molar-refractivity contribution in [1.82, 2.24) is 0 Å². The first-order valence-corrected chi connectivity index (χ1v) is 8.04. The molecule has 0 aliphatic heterocycles. The zero-order chi connectivity index (χ0) is 18.0. The van der Waals surface area contributed by atoms with Crippen LogP contribution >= 0.6 is 0 Å². The highest BCUT2D eigenvalue weighted by Crippen LogP contribution is 2.27. The molecule has 0 heterocycles. The van der Waals surface area contributed by atoms with Crippen molar-refractivity contribution < 1.29 is 19.1 Å². The average Bonchev–Trinajstić information content (AvgIpc) is 2.46. The van der Waals surface area contributed by atoms with Crippen molar-refractivity contribution in [1.29, 1.82) is 0 Å². The second-order valence-corrected chi connectivity index (χ2v) is 5.48. The fraction of sp³-hybridized carbons (Fsp3) is 0.556. The van der Waals surface area contributed by atoms with Gasteiger partial charge in [-0.2, -0.15) is 0 Å². The molecule has 1 amide bonds. The summed E-state index contributed by atoms with van der Waals surface area (Å²) < 4.78 is 10.3. The predicted octanol–water partition coefficient (Wildman–Crippen LogP) is 4.93. The largest absolute Gasteiger partial charge is 0.457 e. The van der Waals surface area contributed by atoms with Gasteiger partial charge in [0.2, 0.25) is 0 Å². The second-order valence-electron chi connectivity index (χ2n) is 5.48. The van der Waals surface area contributed by atoms with Crippen LogP contribution in [0.2, 0.25) is 0 Å². The number of hydrogen-bond acceptors (Lipinski definition) is 4. The minimum Gasteiger partial charge on any atom is -0.457 e. The lowest BCUT2D eigenvalue weighted by Crippen LogP contribution is -2.18. The van der Waals surface area contributed by atoms with E-state index in [1.807, 2.05) is 39.8 Å². The fourth-order valence-corrected chi connectivity index (χ4v) is 1.89. The lowest BCUT2D eigenvalue weighted by Gasteiger charge is -2.21. The zero-order valence-electron chi connectivity index (χ0n) is 15.2. The standard InChI is InChI=1S/C16H23NO4.C2H6/c1-10(2)15(21-12(5)18)13-6-8-14(9-7-13)17-16(19)20-11(3)4;1-2/h6-11,15H,1-5H3,(H,17,19);1-2H3. The highest BCUT2D eigenvalue weighted by atomic mass is 16.6. The number of carbonyl (C=O) groups excluding carboxylic acids is 2. The van der Waals surface area contributed by atoms with Gasteiger partial charge in [-0.1, -0.05) is 39.8 Å². The van der Waals surface area contributed by atoms with Gasteiger partial charge in [-0.25, -0.2) is 4.79 Å². The molecule has 1 N–H and O–H groups in total. The molecule has 1 aromatic rings. The third-order valence-electron chi connectivity index (χ3n) is 2.73. The summed E-state index contributed by atoms with van der Waals surface area (Å²) in [5.74, 6) is -0.143. The summed E-state index contributed by atoms with van der Waals surface area (Å²) in [6.07, 6.45) is -0.948. The van der Waals surface area contributed by atoms with Gasteiger partial charge in [0.25, 0.3) is 0 Å². The first kappa shape index (κ1) is 21.0. The number of carbonyl (C=O) groups is 2. The molecule has 0 aliphatic carbocycles. The van der Waals surface area contributed by atoms with Gasteiger partial charge < -0.3 is 9.47 Å². The van der Waals surface area contributed by atoms with E-state index in [2.05, 4.69) is 5.32 Å². The lowest BCUT2D eigenvalue weighted by atomic mass is 9.98. The smallest absolute Gasteiger partial charge is 0.411 e. The summed E-state index contributed by atoms with van der Waals surface area (Å²) in [7, 11) is 0. The lowest BCUT2D eigenvalue weighted by molar-refractivity contribution is -0.149. The van der Waals surface area contributed by atoms with E-state index in [1.54, 1.807) is 26.0 Å². The number of nitrogens with one attached hydrogen (secondary N) is 1. The SMILES string of the molecule is CC.CC(=O)OC(c1ccc(NC(=O)OC(C)C)cc1)C(C)C. The summed E-state index contributed by atoms with van der Waals surface area (Å²) >= 11 is 0. The van der Waals surface area contributed by atoms with Gasteiger partial charge in [0.1, 0.15) is 6.10 Å². The maximum atomic E-state index is 11.5. The summed E-state index contributed by atoms with van der Waals surface area (Å²) in [5, 5.41) is 2.64. The third kappa shape index (κ3) is 8.24. The number of hydrogen-bond donors (Lipinski definition) is 1. The Bertz CT molecular complexity index is 480. The molecule has 5 heteroatoms. The molecule has 130 valence electrons. The highest BCUT2D eigenvalue weighted by molar-refractivity contribution is 5.84. The summed E-state index contributed by atoms with van der Waals surface area (Å²) in [5.41, 5.74) is 1.53. The van der Waals surface area contributed by atoms with Gasteiger partial charge in [-0.3, -0.25) is 10.1 Å². The van der Waals surface area contributed by atoms with Gasteiger partial charge in [-0.15, -0.1) is 0 Å². The number of rotatable bonds is 5. The number of esters is 1. The Morgan fingerprint density at radius 2 is 1.48 bits per heavy atom. The molecular weight excluding hydrogens is 294 g/mol. The molecule has 0 fully saturated rings. The van der Waals surface area contributed by atoms with E-state index in [4.69, 9.17) is 9.47 Å². The first-order chi connectivity index (χ1) is 10.8. The van der Waals surface area contributed by atoms with Crippen molar-refractivity contribution in [3.05, 3.63) is 29.8 Å². The van der Waals surface area contributed by atoms with Crippen molar-refractivity contribution in [2.24, 2.45) is 5.92 Å². The molecule has 0 radical (unpaired) electrons. The molecule has 5 nitrogen and oxygen atoms in total. The van der Waals surface area contributed by atoms with Crippen LogP contribution in [0.1, 0.15) is 60.1 Å². The van der Waals surface area contributed by atoms with Gasteiger partial charge in [-0.05, 0) is 37.5 Å². The molecule has 0 bridgehead atoms. The van der Waals surface area contributed by atoms with Crippen molar-refractivity contribution >= 4 is 17.7 Å². The van der Waals surface area contributed by atoms with E-state index in [0.29, 0.717) is 5.69 Å². The maximum Gasteiger partial charge on any atom is 0.411 e. The highest BCUT2D eigenvalue weighted by Gasteiger charge is 2.19. The Hall–Kier alpha value is -2.04. The number of amides is 1. The van der Waals surface area contributed by atoms with Gasteiger partial charge in [0.05, 0.1) is 6.10 Å². The van der Waals surface area contributed by atoms with E-state index in [0.717, 1.165) is 5.56 Å². The molecule has 23 heavy (non-hydrogen) atoms. The molecule has 1 aromatic carbocycles. The Labute approximate surface area is 139 Å². The first-order valence-electron chi connectivity index (χ1n) is 8.04. The molecule has 0 saturated carbocycles. The van der Waals surface area contributed by atoms with Crippen LogP contribution in [-0.2, 0) is 14.3 Å². The van der Waals surface area contributed by atoms with Gasteiger partial charge in [0, 0.05) is 12.6 Å². The predicted molar refractivity (Wildman–Crippen MR) is 92.4 cm³/mol. The van der Waals surface area contributed by atoms with Crippen molar-refractivity contribution in [3.8, 4) is 0 Å². The Morgan fingerprint density at radius 1 is 0.957 bits per heavy atom. The van der Waals surface area contributed by atoms with E-state index >= 15 is 0 Å². The molecular formula is C18H29NO4. The Morgan fingerprint density at radius 3 is 1.87 bits per heavy atom. The Balaban J connectivity index is 0.00000232. The minimum absolute atomic E-state index is 0.165. The number of anilines is 1. The molecule has 1 atom stereocenters. The fourth-order valence-electron chi connectivity index (χ4n) is 1.89. The topological polar surface area (TPSA) is 64.6 Å². The summed E-state index contributed by atoms with van der Waals surface area (Å²) in [4.78, 5) is 22.6. The van der Waals surface area contributed by atoms with Crippen LogP contribution in [0.5, 0.6) is 0 Å². The summed E-state index contributed by atoms with van der Waals surface area (Å²) in [6.45, 7) is 12.9. The van der Waals surface area contributed by atoms with Crippen LogP contribution in [-0.4, -0.2) is 18.2 Å². The Kier molecular flexibility index (Phi) is 9.70. The number of ether oxygens (including phenoxy) is 2. The van der Waals surface area contributed by atoms with Gasteiger partial charge in [0.15, 0.2) is 0 Å². The van der Waals surface area contributed by atoms with E-state index in [1.165, 1.54) is 6.92 Å². The average molecular weight is 323 g/mol. The minimum atomic E-state index is -0.488. The van der Waals surface area contributed by atoms with E-state index < -0.39 is 6.09 Å². The van der Waals surface area contributed by atoms with Crippen LogP contribution in [0.4, 0.5) is 10.5 Å². The van der Waals surface area contributed by atoms with Crippen LogP contribution < -0.4 is 5.32 Å². The molecule has 0 spiro atoms. The third-order valence-corrected chi connectivity index (χ3v) is 2.73. The molecule has 0 aliphatic rings.